The Morgan fingerprint density at radius 3 is 1.07 bits per heavy atom. The molecule has 2 heteroatoms. The first-order valence-electron chi connectivity index (χ1n) is 4.07. The maximum Gasteiger partial charge on any atom is -0.0184 e. The summed E-state index contributed by atoms with van der Waals surface area (Å²) < 4.78 is 0. The molecule has 0 saturated heterocycles. The summed E-state index contributed by atoms with van der Waals surface area (Å²) in [7, 11) is 0. The van der Waals surface area contributed by atoms with Crippen LogP contribution in [0.3, 0.4) is 0 Å². The molecule has 0 radical (unpaired) electrons. The molecule has 0 spiro atoms. The third kappa shape index (κ3) is 2.87. The third-order valence-corrected chi connectivity index (χ3v) is 1.88. The molecule has 0 aliphatic heterocycles. The maximum atomic E-state index is 2.12. The largest absolute Gasteiger partial charge is 0.344 e. The van der Waals surface area contributed by atoms with Crippen molar-refractivity contribution in [1.82, 2.24) is 6.15 Å². The van der Waals surface area contributed by atoms with Gasteiger partial charge in [0.05, 0.1) is 0 Å². The van der Waals surface area contributed by atoms with Crippen LogP contribution < -0.4 is 6.15 Å². The van der Waals surface area contributed by atoms with Crippen LogP contribution in [0, 0.1) is 0 Å². The van der Waals surface area contributed by atoms with Gasteiger partial charge in [0, 0.05) is 0 Å². The molecule has 0 aliphatic rings. The highest BCUT2D eigenvalue weighted by Gasteiger charge is 1.91. The van der Waals surface area contributed by atoms with E-state index >= 15 is 0 Å². The van der Waals surface area contributed by atoms with Crippen molar-refractivity contribution < 1.29 is 0 Å². The smallest absolute Gasteiger partial charge is 0.0184 e. The topological polar surface area (TPSA) is 35.0 Å². The predicted octanol–water partition coefficient (Wildman–Crippen LogP) is 3.94. The number of rotatable bonds is 1. The SMILES string of the molecule is Cl.N.c1ccc(-c2ccccc2)cc1. The van der Waals surface area contributed by atoms with Gasteiger partial charge in [-0.05, 0) is 11.1 Å². The highest BCUT2D eigenvalue weighted by molar-refractivity contribution is 5.85. The molecule has 2 rings (SSSR count). The second kappa shape index (κ2) is 6.19. The average molecular weight is 208 g/mol. The highest BCUT2D eigenvalue weighted by Crippen LogP contribution is 2.17. The molecule has 0 aliphatic carbocycles. The molecule has 14 heavy (non-hydrogen) atoms. The zero-order valence-electron chi connectivity index (χ0n) is 7.89. The summed E-state index contributed by atoms with van der Waals surface area (Å²) in [4.78, 5) is 0. The Hall–Kier alpha value is -1.31. The lowest BCUT2D eigenvalue weighted by Gasteiger charge is -1.98. The van der Waals surface area contributed by atoms with E-state index in [9.17, 15) is 0 Å². The molecule has 0 amide bonds. The molecule has 0 heterocycles. The van der Waals surface area contributed by atoms with Gasteiger partial charge < -0.3 is 6.15 Å². The van der Waals surface area contributed by atoms with Gasteiger partial charge in [-0.1, -0.05) is 60.7 Å². The molecule has 3 N–H and O–H groups in total. The van der Waals surface area contributed by atoms with E-state index in [2.05, 4.69) is 48.5 Å². The first-order chi connectivity index (χ1) is 5.97. The van der Waals surface area contributed by atoms with Gasteiger partial charge in [0.25, 0.3) is 0 Å². The van der Waals surface area contributed by atoms with Crippen LogP contribution in [0.5, 0.6) is 0 Å². The number of hydrogen-bond acceptors (Lipinski definition) is 1. The molecular formula is C12H14ClN. The molecule has 2 aromatic rings. The van der Waals surface area contributed by atoms with Crippen molar-refractivity contribution in [3.05, 3.63) is 60.7 Å². The average Bonchev–Trinajstić information content (AvgIpc) is 2.21. The maximum absolute atomic E-state index is 2.12. The van der Waals surface area contributed by atoms with Gasteiger partial charge >= 0.3 is 0 Å². The minimum atomic E-state index is 0. The predicted molar refractivity (Wildman–Crippen MR) is 64.1 cm³/mol. The molecule has 0 unspecified atom stereocenters. The van der Waals surface area contributed by atoms with E-state index in [0.717, 1.165) is 0 Å². The Morgan fingerprint density at radius 2 is 0.786 bits per heavy atom. The monoisotopic (exact) mass is 207 g/mol. The fourth-order valence-electron chi connectivity index (χ4n) is 1.26. The minimum absolute atomic E-state index is 0. The van der Waals surface area contributed by atoms with Crippen molar-refractivity contribution in [1.29, 1.82) is 0 Å². The lowest BCUT2D eigenvalue weighted by molar-refractivity contribution is 1.62. The summed E-state index contributed by atoms with van der Waals surface area (Å²) in [6.07, 6.45) is 0. The normalized spacial score (nSPS) is 8.29. The Bertz CT molecular complexity index is 308. The van der Waals surface area contributed by atoms with E-state index in [1.54, 1.807) is 0 Å². The fraction of sp³-hybridized carbons (Fsp3) is 0. The molecule has 2 aromatic carbocycles. The van der Waals surface area contributed by atoms with Crippen LogP contribution in [0.25, 0.3) is 11.1 Å². The molecule has 0 saturated carbocycles. The van der Waals surface area contributed by atoms with Crippen LogP contribution in [0.4, 0.5) is 0 Å². The quantitative estimate of drug-likeness (QED) is 0.756. The van der Waals surface area contributed by atoms with Gasteiger partial charge in [0.15, 0.2) is 0 Å². The van der Waals surface area contributed by atoms with E-state index in [-0.39, 0.29) is 18.6 Å². The lowest BCUT2D eigenvalue weighted by Crippen LogP contribution is -1.73. The molecule has 0 atom stereocenters. The van der Waals surface area contributed by atoms with Crippen LogP contribution in [-0.4, -0.2) is 0 Å². The molecule has 0 bridgehead atoms. The van der Waals surface area contributed by atoms with Crippen molar-refractivity contribution in [3.63, 3.8) is 0 Å². The Labute approximate surface area is 90.8 Å². The minimum Gasteiger partial charge on any atom is -0.344 e. The van der Waals surface area contributed by atoms with Crippen LogP contribution >= 0.6 is 12.4 Å². The first-order valence-corrected chi connectivity index (χ1v) is 4.07. The van der Waals surface area contributed by atoms with E-state index < -0.39 is 0 Å². The van der Waals surface area contributed by atoms with Crippen molar-refractivity contribution in [2.75, 3.05) is 0 Å². The standard InChI is InChI=1S/C12H10.ClH.H3N/c1-3-7-11(8-4-1)12-9-5-2-6-10-12;;/h1-10H;1H;1H3. The van der Waals surface area contributed by atoms with Crippen molar-refractivity contribution >= 4 is 12.4 Å². The molecule has 1 nitrogen and oxygen atoms in total. The fourth-order valence-corrected chi connectivity index (χ4v) is 1.26. The molecule has 0 aromatic heterocycles. The summed E-state index contributed by atoms with van der Waals surface area (Å²) in [6.45, 7) is 0. The van der Waals surface area contributed by atoms with E-state index in [1.165, 1.54) is 11.1 Å². The van der Waals surface area contributed by atoms with Crippen LogP contribution in [0.15, 0.2) is 60.7 Å². The van der Waals surface area contributed by atoms with Crippen LogP contribution in [0.1, 0.15) is 0 Å². The van der Waals surface area contributed by atoms with E-state index in [0.29, 0.717) is 0 Å². The van der Waals surface area contributed by atoms with Crippen LogP contribution in [-0.2, 0) is 0 Å². The number of benzene rings is 2. The van der Waals surface area contributed by atoms with E-state index in [1.807, 2.05) is 12.1 Å². The number of halogens is 1. The molecule has 74 valence electrons. The van der Waals surface area contributed by atoms with Gasteiger partial charge in [0.2, 0.25) is 0 Å². The van der Waals surface area contributed by atoms with E-state index in [4.69, 9.17) is 0 Å². The van der Waals surface area contributed by atoms with Crippen molar-refractivity contribution in [3.8, 4) is 11.1 Å². The molecular weight excluding hydrogens is 194 g/mol. The summed E-state index contributed by atoms with van der Waals surface area (Å²) in [6, 6.07) is 20.8. The Balaban J connectivity index is 0.000000845. The summed E-state index contributed by atoms with van der Waals surface area (Å²) in [5, 5.41) is 0. The van der Waals surface area contributed by atoms with Gasteiger partial charge in [-0.2, -0.15) is 0 Å². The van der Waals surface area contributed by atoms with Crippen LogP contribution in [0.2, 0.25) is 0 Å². The Kier molecular flexibility index (Phi) is 5.61. The van der Waals surface area contributed by atoms with Gasteiger partial charge in [-0.3, -0.25) is 0 Å². The van der Waals surface area contributed by atoms with Crippen molar-refractivity contribution in [2.24, 2.45) is 0 Å². The van der Waals surface area contributed by atoms with Gasteiger partial charge in [0.1, 0.15) is 0 Å². The zero-order valence-corrected chi connectivity index (χ0v) is 8.71. The third-order valence-electron chi connectivity index (χ3n) is 1.88. The van der Waals surface area contributed by atoms with Crippen molar-refractivity contribution in [2.45, 2.75) is 0 Å². The second-order valence-electron chi connectivity index (χ2n) is 2.73. The van der Waals surface area contributed by atoms with Gasteiger partial charge in [-0.15, -0.1) is 12.4 Å². The summed E-state index contributed by atoms with van der Waals surface area (Å²) in [5.41, 5.74) is 2.55. The summed E-state index contributed by atoms with van der Waals surface area (Å²) >= 11 is 0. The van der Waals surface area contributed by atoms with Gasteiger partial charge in [-0.25, -0.2) is 0 Å². The first kappa shape index (κ1) is 12.7. The lowest BCUT2D eigenvalue weighted by atomic mass is 10.1. The zero-order chi connectivity index (χ0) is 8.23. The second-order valence-corrected chi connectivity index (χ2v) is 2.73. The Morgan fingerprint density at radius 1 is 0.500 bits per heavy atom. The summed E-state index contributed by atoms with van der Waals surface area (Å²) in [5.74, 6) is 0. The highest BCUT2D eigenvalue weighted by atomic mass is 35.5. The number of hydrogen-bond donors (Lipinski definition) is 1. The molecule has 0 fully saturated rings.